The van der Waals surface area contributed by atoms with Crippen LogP contribution >= 0.6 is 0 Å². The Morgan fingerprint density at radius 2 is 1.70 bits per heavy atom. The monoisotopic (exact) mass is 325 g/mol. The summed E-state index contributed by atoms with van der Waals surface area (Å²) in [7, 11) is 1.45. The van der Waals surface area contributed by atoms with E-state index in [1.165, 1.54) is 14.0 Å². The summed E-state index contributed by atoms with van der Waals surface area (Å²) in [5, 5.41) is 2.15. The number of benzene rings is 2. The third-order valence-electron chi connectivity index (χ3n) is 3.04. The molecule has 0 aromatic heterocycles. The summed E-state index contributed by atoms with van der Waals surface area (Å²) in [5.41, 5.74) is -0.468. The number of methoxy groups -OCH3 is 1. The number of hydrogen-bond acceptors (Lipinski definition) is 3. The molecule has 0 heterocycles. The number of carbonyl (C=O) groups excluding carboxylic acids is 1. The molecule has 0 saturated heterocycles. The first-order valence-corrected chi connectivity index (χ1v) is 6.68. The molecule has 0 fully saturated rings. The number of halogens is 3. The van der Waals surface area contributed by atoms with Crippen molar-refractivity contribution in [3.8, 4) is 11.5 Å². The van der Waals surface area contributed by atoms with Gasteiger partial charge in [0.05, 0.1) is 12.8 Å². The number of anilines is 1. The average molecular weight is 325 g/mol. The maximum Gasteiger partial charge on any atom is 0.265 e. The molecular weight excluding hydrogens is 311 g/mol. The molecule has 1 amide bonds. The zero-order valence-electron chi connectivity index (χ0n) is 12.4. The quantitative estimate of drug-likeness (QED) is 0.856. The first kappa shape index (κ1) is 16.7. The standard InChI is InChI=1S/C16H14F3NO3/c1-9(23-13-6-4-3-5-12(13)22-2)16(21)20-11-8-7-10(17)14(18)15(11)19/h3-9H,1-2H3,(H,20,21)/t9-/m0/s1. The fourth-order valence-corrected chi connectivity index (χ4v) is 1.82. The summed E-state index contributed by atoms with van der Waals surface area (Å²) < 4.78 is 50.1. The zero-order valence-corrected chi connectivity index (χ0v) is 12.4. The van der Waals surface area contributed by atoms with Gasteiger partial charge in [-0.3, -0.25) is 4.79 Å². The highest BCUT2D eigenvalue weighted by Crippen LogP contribution is 2.27. The van der Waals surface area contributed by atoms with E-state index in [1.54, 1.807) is 24.3 Å². The molecule has 2 aromatic carbocycles. The minimum absolute atomic E-state index is 0.323. The van der Waals surface area contributed by atoms with Gasteiger partial charge in [-0.2, -0.15) is 0 Å². The minimum atomic E-state index is -1.65. The van der Waals surface area contributed by atoms with Crippen molar-refractivity contribution in [2.45, 2.75) is 13.0 Å². The van der Waals surface area contributed by atoms with Gasteiger partial charge in [0.2, 0.25) is 0 Å². The fraction of sp³-hybridized carbons (Fsp3) is 0.188. The van der Waals surface area contributed by atoms with E-state index in [4.69, 9.17) is 9.47 Å². The maximum atomic E-state index is 13.5. The normalized spacial score (nSPS) is 11.7. The summed E-state index contributed by atoms with van der Waals surface area (Å²) in [5.74, 6) is -4.43. The Kier molecular flexibility index (Phi) is 5.10. The van der Waals surface area contributed by atoms with Gasteiger partial charge >= 0.3 is 0 Å². The number of amides is 1. The van der Waals surface area contributed by atoms with E-state index in [2.05, 4.69) is 5.32 Å². The molecule has 0 aliphatic rings. The molecule has 0 aliphatic heterocycles. The number of para-hydroxylation sites is 2. The van der Waals surface area contributed by atoms with Crippen LogP contribution in [0.5, 0.6) is 11.5 Å². The van der Waals surface area contributed by atoms with E-state index in [9.17, 15) is 18.0 Å². The molecule has 0 spiro atoms. The molecule has 1 atom stereocenters. The molecule has 4 nitrogen and oxygen atoms in total. The van der Waals surface area contributed by atoms with Crippen LogP contribution in [0, 0.1) is 17.5 Å². The first-order valence-electron chi connectivity index (χ1n) is 6.68. The van der Waals surface area contributed by atoms with Crippen molar-refractivity contribution in [1.82, 2.24) is 0 Å². The number of rotatable bonds is 5. The number of nitrogens with one attached hydrogen (secondary N) is 1. The highest BCUT2D eigenvalue weighted by atomic mass is 19.2. The largest absolute Gasteiger partial charge is 0.493 e. The second-order valence-corrected chi connectivity index (χ2v) is 4.62. The van der Waals surface area contributed by atoms with Crippen molar-refractivity contribution in [3.63, 3.8) is 0 Å². The van der Waals surface area contributed by atoms with Gasteiger partial charge in [0.25, 0.3) is 5.91 Å². The Morgan fingerprint density at radius 1 is 1.04 bits per heavy atom. The topological polar surface area (TPSA) is 47.6 Å². The number of carbonyl (C=O) groups is 1. The molecule has 0 radical (unpaired) electrons. The van der Waals surface area contributed by atoms with Gasteiger partial charge in [-0.05, 0) is 31.2 Å². The predicted molar refractivity (Wildman–Crippen MR) is 78.0 cm³/mol. The molecule has 0 bridgehead atoms. The Labute approximate surface area is 130 Å². The van der Waals surface area contributed by atoms with Crippen LogP contribution in [0.15, 0.2) is 36.4 Å². The lowest BCUT2D eigenvalue weighted by Crippen LogP contribution is -2.30. The van der Waals surface area contributed by atoms with Crippen molar-refractivity contribution in [3.05, 3.63) is 53.8 Å². The maximum absolute atomic E-state index is 13.5. The van der Waals surface area contributed by atoms with Crippen LogP contribution in [0.25, 0.3) is 0 Å². The van der Waals surface area contributed by atoms with Crippen molar-refractivity contribution in [2.24, 2.45) is 0 Å². The van der Waals surface area contributed by atoms with E-state index in [0.717, 1.165) is 12.1 Å². The summed E-state index contributed by atoms with van der Waals surface area (Å²) in [6.07, 6.45) is -1.01. The van der Waals surface area contributed by atoms with Gasteiger partial charge in [0.1, 0.15) is 0 Å². The van der Waals surface area contributed by atoms with Crippen molar-refractivity contribution >= 4 is 11.6 Å². The second kappa shape index (κ2) is 7.04. The number of hydrogen-bond donors (Lipinski definition) is 1. The highest BCUT2D eigenvalue weighted by Gasteiger charge is 2.20. The second-order valence-electron chi connectivity index (χ2n) is 4.62. The van der Waals surface area contributed by atoms with Gasteiger partial charge in [-0.1, -0.05) is 12.1 Å². The van der Waals surface area contributed by atoms with Crippen LogP contribution in [0.4, 0.5) is 18.9 Å². The molecule has 0 saturated carbocycles. The summed E-state index contributed by atoms with van der Waals surface area (Å²) in [6, 6.07) is 8.32. The Hall–Kier alpha value is -2.70. The first-order chi connectivity index (χ1) is 10.9. The molecule has 0 aliphatic carbocycles. The predicted octanol–water partition coefficient (Wildman–Crippen LogP) is 3.52. The zero-order chi connectivity index (χ0) is 17.0. The lowest BCUT2D eigenvalue weighted by molar-refractivity contribution is -0.122. The molecule has 122 valence electrons. The lowest BCUT2D eigenvalue weighted by Gasteiger charge is -2.17. The van der Waals surface area contributed by atoms with Crippen molar-refractivity contribution in [1.29, 1.82) is 0 Å². The lowest BCUT2D eigenvalue weighted by atomic mass is 10.2. The summed E-state index contributed by atoms with van der Waals surface area (Å²) in [4.78, 5) is 12.0. The third-order valence-corrected chi connectivity index (χ3v) is 3.04. The highest BCUT2D eigenvalue weighted by molar-refractivity contribution is 5.94. The van der Waals surface area contributed by atoms with Crippen LogP contribution in [0.1, 0.15) is 6.92 Å². The van der Waals surface area contributed by atoms with Gasteiger partial charge in [-0.25, -0.2) is 13.2 Å². The average Bonchev–Trinajstić information content (AvgIpc) is 2.55. The van der Waals surface area contributed by atoms with Crippen LogP contribution in [-0.2, 0) is 4.79 Å². The van der Waals surface area contributed by atoms with Crippen molar-refractivity contribution in [2.75, 3.05) is 12.4 Å². The summed E-state index contributed by atoms with van der Waals surface area (Å²) in [6.45, 7) is 1.43. The summed E-state index contributed by atoms with van der Waals surface area (Å²) >= 11 is 0. The van der Waals surface area contributed by atoms with E-state index >= 15 is 0 Å². The Balaban J connectivity index is 2.10. The molecule has 7 heteroatoms. The molecule has 2 rings (SSSR count). The third kappa shape index (κ3) is 3.74. The van der Waals surface area contributed by atoms with Gasteiger partial charge in [-0.15, -0.1) is 0 Å². The smallest absolute Gasteiger partial charge is 0.265 e. The fourth-order valence-electron chi connectivity index (χ4n) is 1.82. The molecular formula is C16H14F3NO3. The van der Waals surface area contributed by atoms with Gasteiger partial charge in [0.15, 0.2) is 35.1 Å². The molecule has 1 N–H and O–H groups in total. The van der Waals surface area contributed by atoms with Crippen LogP contribution in [0.3, 0.4) is 0 Å². The van der Waals surface area contributed by atoms with E-state index in [1.807, 2.05) is 0 Å². The molecule has 23 heavy (non-hydrogen) atoms. The molecule has 2 aromatic rings. The van der Waals surface area contributed by atoms with Crippen molar-refractivity contribution < 1.29 is 27.4 Å². The van der Waals surface area contributed by atoms with Gasteiger partial charge in [0, 0.05) is 0 Å². The van der Waals surface area contributed by atoms with Crippen LogP contribution in [0.2, 0.25) is 0 Å². The molecule has 0 unspecified atom stereocenters. The Morgan fingerprint density at radius 3 is 2.35 bits per heavy atom. The van der Waals surface area contributed by atoms with Gasteiger partial charge < -0.3 is 14.8 Å². The SMILES string of the molecule is COc1ccccc1O[C@@H](C)C(=O)Nc1ccc(F)c(F)c1F. The Bertz CT molecular complexity index is 722. The van der Waals surface area contributed by atoms with E-state index < -0.39 is 35.2 Å². The van der Waals surface area contributed by atoms with E-state index in [-0.39, 0.29) is 0 Å². The van der Waals surface area contributed by atoms with E-state index in [0.29, 0.717) is 11.5 Å². The minimum Gasteiger partial charge on any atom is -0.493 e. The van der Waals surface area contributed by atoms with Crippen LogP contribution < -0.4 is 14.8 Å². The number of ether oxygens (including phenoxy) is 2. The van der Waals surface area contributed by atoms with Crippen LogP contribution in [-0.4, -0.2) is 19.1 Å².